The molecule has 1 aliphatic rings. The van der Waals surface area contributed by atoms with Gasteiger partial charge in [0.2, 0.25) is 0 Å². The average molecular weight is 248 g/mol. The van der Waals surface area contributed by atoms with Gasteiger partial charge in [-0.1, -0.05) is 13.8 Å². The van der Waals surface area contributed by atoms with Gasteiger partial charge in [0.15, 0.2) is 0 Å². The third-order valence-corrected chi connectivity index (χ3v) is 3.95. The number of rotatable bonds is 3. The van der Waals surface area contributed by atoms with Crippen molar-refractivity contribution in [2.24, 2.45) is 5.92 Å². The van der Waals surface area contributed by atoms with Gasteiger partial charge in [-0.2, -0.15) is 0 Å². The summed E-state index contributed by atoms with van der Waals surface area (Å²) in [6.45, 7) is 8.28. The summed E-state index contributed by atoms with van der Waals surface area (Å²) in [4.78, 5) is 6.89. The minimum atomic E-state index is -0.173. The first-order valence-corrected chi connectivity index (χ1v) is 6.97. The molecule has 2 rings (SSSR count). The molecule has 0 amide bonds. The fourth-order valence-electron chi connectivity index (χ4n) is 2.57. The van der Waals surface area contributed by atoms with Crippen molar-refractivity contribution in [3.8, 4) is 0 Å². The lowest BCUT2D eigenvalue weighted by Gasteiger charge is -2.34. The zero-order valence-corrected chi connectivity index (χ0v) is 11.6. The topological polar surface area (TPSA) is 36.4 Å². The quantitative estimate of drug-likeness (QED) is 0.893. The lowest BCUT2D eigenvalue weighted by atomic mass is 9.92. The number of aliphatic hydroxyl groups excluding tert-OH is 1. The largest absolute Gasteiger partial charge is 0.393 e. The molecule has 1 fully saturated rings. The second-order valence-corrected chi connectivity index (χ2v) is 5.66. The molecule has 100 valence electrons. The van der Waals surface area contributed by atoms with Crippen molar-refractivity contribution in [1.29, 1.82) is 0 Å². The van der Waals surface area contributed by atoms with E-state index in [1.165, 1.54) is 5.69 Å². The van der Waals surface area contributed by atoms with Crippen LogP contribution in [0.15, 0.2) is 18.3 Å². The predicted molar refractivity (Wildman–Crippen MR) is 74.9 cm³/mol. The van der Waals surface area contributed by atoms with Gasteiger partial charge in [-0.05, 0) is 43.7 Å². The first-order chi connectivity index (χ1) is 8.58. The maximum Gasteiger partial charge on any atom is 0.0552 e. The minimum Gasteiger partial charge on any atom is -0.393 e. The Labute approximate surface area is 110 Å². The Bertz CT molecular complexity index is 365. The van der Waals surface area contributed by atoms with Gasteiger partial charge in [-0.15, -0.1) is 0 Å². The summed E-state index contributed by atoms with van der Waals surface area (Å²) in [6.07, 6.45) is 3.96. The van der Waals surface area contributed by atoms with Crippen molar-refractivity contribution in [2.45, 2.75) is 45.6 Å². The van der Waals surface area contributed by atoms with Gasteiger partial charge in [0.25, 0.3) is 0 Å². The van der Waals surface area contributed by atoms with Crippen LogP contribution in [0.4, 0.5) is 5.69 Å². The first kappa shape index (κ1) is 13.3. The number of aromatic nitrogens is 1. The number of pyridine rings is 1. The van der Waals surface area contributed by atoms with Crippen LogP contribution in [0.25, 0.3) is 0 Å². The third kappa shape index (κ3) is 3.02. The summed E-state index contributed by atoms with van der Waals surface area (Å²) >= 11 is 0. The SMILES string of the molecule is CC(C)c1ccc(N2CCC(C(C)O)CC2)cn1. The van der Waals surface area contributed by atoms with Crippen LogP contribution >= 0.6 is 0 Å². The van der Waals surface area contributed by atoms with Crippen LogP contribution in [0, 0.1) is 5.92 Å². The molecule has 3 nitrogen and oxygen atoms in total. The lowest BCUT2D eigenvalue weighted by Crippen LogP contribution is -2.37. The molecule has 0 spiro atoms. The molecule has 1 saturated heterocycles. The van der Waals surface area contributed by atoms with E-state index < -0.39 is 0 Å². The van der Waals surface area contributed by atoms with E-state index >= 15 is 0 Å². The van der Waals surface area contributed by atoms with Gasteiger partial charge in [0.05, 0.1) is 18.0 Å². The Morgan fingerprint density at radius 1 is 1.22 bits per heavy atom. The molecule has 18 heavy (non-hydrogen) atoms. The molecule has 1 unspecified atom stereocenters. The molecule has 3 heteroatoms. The zero-order chi connectivity index (χ0) is 13.1. The second kappa shape index (κ2) is 5.70. The van der Waals surface area contributed by atoms with Gasteiger partial charge >= 0.3 is 0 Å². The van der Waals surface area contributed by atoms with Gasteiger partial charge < -0.3 is 10.0 Å². The molecule has 0 aromatic carbocycles. The van der Waals surface area contributed by atoms with Gasteiger partial charge in [-0.25, -0.2) is 0 Å². The highest BCUT2D eigenvalue weighted by atomic mass is 16.3. The number of nitrogens with zero attached hydrogens (tertiary/aromatic N) is 2. The summed E-state index contributed by atoms with van der Waals surface area (Å²) in [5.41, 5.74) is 2.36. The summed E-state index contributed by atoms with van der Waals surface area (Å²) in [6, 6.07) is 4.30. The Hall–Kier alpha value is -1.09. The summed E-state index contributed by atoms with van der Waals surface area (Å²) < 4.78 is 0. The fraction of sp³-hybridized carbons (Fsp3) is 0.667. The smallest absolute Gasteiger partial charge is 0.0552 e. The molecule has 1 aromatic rings. The lowest BCUT2D eigenvalue weighted by molar-refractivity contribution is 0.110. The highest BCUT2D eigenvalue weighted by Gasteiger charge is 2.22. The molecule has 2 heterocycles. The molecule has 1 N–H and O–H groups in total. The van der Waals surface area contributed by atoms with Crippen LogP contribution in [0.1, 0.15) is 45.2 Å². The number of hydrogen-bond acceptors (Lipinski definition) is 3. The van der Waals surface area contributed by atoms with Crippen molar-refractivity contribution in [1.82, 2.24) is 4.98 Å². The highest BCUT2D eigenvalue weighted by Crippen LogP contribution is 2.25. The Kier molecular flexibility index (Phi) is 4.23. The van der Waals surface area contributed by atoms with Crippen molar-refractivity contribution in [3.05, 3.63) is 24.0 Å². The number of hydrogen-bond donors (Lipinski definition) is 1. The van der Waals surface area contributed by atoms with Crippen LogP contribution < -0.4 is 4.90 Å². The summed E-state index contributed by atoms with van der Waals surface area (Å²) in [5.74, 6) is 0.948. The maximum absolute atomic E-state index is 9.60. The summed E-state index contributed by atoms with van der Waals surface area (Å²) in [7, 11) is 0. The average Bonchev–Trinajstić information content (AvgIpc) is 2.39. The molecule has 1 aliphatic heterocycles. The molecule has 0 radical (unpaired) electrons. The van der Waals surface area contributed by atoms with Crippen LogP contribution in [0.5, 0.6) is 0 Å². The van der Waals surface area contributed by atoms with E-state index in [1.807, 2.05) is 13.1 Å². The standard InChI is InChI=1S/C15H24N2O/c1-11(2)15-5-4-14(10-16-15)17-8-6-13(7-9-17)12(3)18/h4-5,10-13,18H,6-9H2,1-3H3. The Balaban J connectivity index is 1.97. The molecule has 1 aromatic heterocycles. The van der Waals surface area contributed by atoms with Crippen LogP contribution in [-0.2, 0) is 0 Å². The van der Waals surface area contributed by atoms with E-state index in [9.17, 15) is 5.11 Å². The van der Waals surface area contributed by atoms with Crippen molar-refractivity contribution in [3.63, 3.8) is 0 Å². The first-order valence-electron chi connectivity index (χ1n) is 6.97. The van der Waals surface area contributed by atoms with E-state index in [2.05, 4.69) is 35.9 Å². The Morgan fingerprint density at radius 3 is 2.33 bits per heavy atom. The Morgan fingerprint density at radius 2 is 1.89 bits per heavy atom. The molecule has 0 bridgehead atoms. The zero-order valence-electron chi connectivity index (χ0n) is 11.6. The number of anilines is 1. The van der Waals surface area contributed by atoms with Gasteiger partial charge in [0, 0.05) is 18.8 Å². The maximum atomic E-state index is 9.60. The van der Waals surface area contributed by atoms with E-state index in [4.69, 9.17) is 0 Å². The highest BCUT2D eigenvalue weighted by molar-refractivity contribution is 5.45. The fourth-order valence-corrected chi connectivity index (χ4v) is 2.57. The van der Waals surface area contributed by atoms with Crippen LogP contribution in [0.2, 0.25) is 0 Å². The van der Waals surface area contributed by atoms with Crippen molar-refractivity contribution < 1.29 is 5.11 Å². The van der Waals surface area contributed by atoms with E-state index in [-0.39, 0.29) is 6.10 Å². The normalized spacial score (nSPS) is 19.3. The van der Waals surface area contributed by atoms with E-state index in [1.54, 1.807) is 0 Å². The molecule has 0 aliphatic carbocycles. The van der Waals surface area contributed by atoms with E-state index in [0.29, 0.717) is 11.8 Å². The monoisotopic (exact) mass is 248 g/mol. The van der Waals surface area contributed by atoms with Crippen LogP contribution in [0.3, 0.4) is 0 Å². The second-order valence-electron chi connectivity index (χ2n) is 5.66. The molecular weight excluding hydrogens is 224 g/mol. The van der Waals surface area contributed by atoms with Crippen LogP contribution in [-0.4, -0.2) is 29.3 Å². The molecular formula is C15H24N2O. The van der Waals surface area contributed by atoms with Gasteiger partial charge in [-0.3, -0.25) is 4.98 Å². The summed E-state index contributed by atoms with van der Waals surface area (Å²) in [5, 5.41) is 9.60. The minimum absolute atomic E-state index is 0.173. The van der Waals surface area contributed by atoms with Gasteiger partial charge in [0.1, 0.15) is 0 Å². The molecule has 0 saturated carbocycles. The van der Waals surface area contributed by atoms with Crippen molar-refractivity contribution >= 4 is 5.69 Å². The number of aliphatic hydroxyl groups is 1. The number of piperidine rings is 1. The third-order valence-electron chi connectivity index (χ3n) is 3.95. The predicted octanol–water partition coefficient (Wildman–Crippen LogP) is 2.80. The molecule has 1 atom stereocenters. The van der Waals surface area contributed by atoms with E-state index in [0.717, 1.165) is 31.6 Å². The van der Waals surface area contributed by atoms with Crippen molar-refractivity contribution in [2.75, 3.05) is 18.0 Å².